The molecule has 0 saturated heterocycles. The molecule has 1 aromatic heterocycles. The predicted molar refractivity (Wildman–Crippen MR) is 103 cm³/mol. The van der Waals surface area contributed by atoms with E-state index in [2.05, 4.69) is 0 Å². The Bertz CT molecular complexity index is 1100. The molecule has 1 aromatic carbocycles. The summed E-state index contributed by atoms with van der Waals surface area (Å²) in [6.07, 6.45) is -4.58. The minimum absolute atomic E-state index is 0.0236. The van der Waals surface area contributed by atoms with Crippen molar-refractivity contribution >= 4 is 29.3 Å². The number of nitrogens with zero attached hydrogens (tertiary/aromatic N) is 2. The Kier molecular flexibility index (Phi) is 6.92. The number of halogens is 5. The van der Waals surface area contributed by atoms with Gasteiger partial charge in [-0.1, -0.05) is 31.9 Å². The molecule has 0 radical (unpaired) electrons. The molecule has 7 nitrogen and oxygen atoms in total. The van der Waals surface area contributed by atoms with E-state index in [1.807, 2.05) is 0 Å². The van der Waals surface area contributed by atoms with Crippen LogP contribution in [0.4, 0.5) is 17.6 Å². The van der Waals surface area contributed by atoms with E-state index in [4.69, 9.17) is 17.4 Å². The van der Waals surface area contributed by atoms with E-state index in [1.54, 1.807) is 13.8 Å². The molecule has 2 aromatic rings. The summed E-state index contributed by atoms with van der Waals surface area (Å²) in [5.74, 6) is 2.51. The highest BCUT2D eigenvalue weighted by molar-refractivity contribution is 8.00. The minimum Gasteiger partial charge on any atom is -0.480 e. The van der Waals surface area contributed by atoms with Crippen molar-refractivity contribution < 1.29 is 27.5 Å². The zero-order chi connectivity index (χ0) is 23.0. The first-order valence-electron chi connectivity index (χ1n) is 8.39. The molecule has 1 heterocycles. The standard InChI is InChI=1S/C17H16ClF4N3O4S/c1-3-7(2)14(15(27)28)30-11-5-10(9(19)4-8(11)18)24-13(26)6-12(17(20,21)22)25(23)16(24)29/h4-7,14H,3,23H2,1-2H3,(H,27,28). The van der Waals surface area contributed by atoms with Crippen molar-refractivity contribution in [3.8, 4) is 5.69 Å². The van der Waals surface area contributed by atoms with Crippen molar-refractivity contribution in [2.45, 2.75) is 36.6 Å². The molecule has 3 N–H and O–H groups in total. The Morgan fingerprint density at radius 2 is 1.90 bits per heavy atom. The third-order valence-corrected chi connectivity index (χ3v) is 6.26. The number of hydrogen-bond acceptors (Lipinski definition) is 5. The Hall–Kier alpha value is -2.47. The highest BCUT2D eigenvalue weighted by Crippen LogP contribution is 2.36. The van der Waals surface area contributed by atoms with E-state index in [-0.39, 0.29) is 31.1 Å². The number of aromatic nitrogens is 2. The Balaban J connectivity index is 2.69. The maximum absolute atomic E-state index is 14.5. The van der Waals surface area contributed by atoms with Crippen LogP contribution in [0, 0.1) is 11.7 Å². The number of rotatable bonds is 6. The zero-order valence-electron chi connectivity index (χ0n) is 15.5. The number of aliphatic carboxylic acids is 1. The Labute approximate surface area is 176 Å². The van der Waals surface area contributed by atoms with Crippen LogP contribution >= 0.6 is 23.4 Å². The van der Waals surface area contributed by atoms with Crippen molar-refractivity contribution in [1.82, 2.24) is 9.24 Å². The Morgan fingerprint density at radius 3 is 2.40 bits per heavy atom. The average Bonchev–Trinajstić information content (AvgIpc) is 2.63. The molecular formula is C17H16ClF4N3O4S. The first kappa shape index (κ1) is 23.8. The van der Waals surface area contributed by atoms with Crippen molar-refractivity contribution in [3.63, 3.8) is 0 Å². The van der Waals surface area contributed by atoms with Gasteiger partial charge in [0.05, 0.1) is 10.7 Å². The van der Waals surface area contributed by atoms with Crippen molar-refractivity contribution in [1.29, 1.82) is 0 Å². The molecule has 0 aliphatic carbocycles. The van der Waals surface area contributed by atoms with Gasteiger partial charge in [0, 0.05) is 11.0 Å². The number of alkyl halides is 3. The number of carbonyl (C=O) groups is 1. The molecule has 0 saturated carbocycles. The molecule has 30 heavy (non-hydrogen) atoms. The SMILES string of the molecule is CCC(C)C(Sc1cc(-n2c(=O)cc(C(F)(F)F)n(N)c2=O)c(F)cc1Cl)C(=O)O. The van der Waals surface area contributed by atoms with Crippen LogP contribution in [0.25, 0.3) is 5.69 Å². The fourth-order valence-electron chi connectivity index (χ4n) is 2.54. The monoisotopic (exact) mass is 469 g/mol. The largest absolute Gasteiger partial charge is 0.480 e. The lowest BCUT2D eigenvalue weighted by Crippen LogP contribution is -2.45. The van der Waals surface area contributed by atoms with E-state index in [1.165, 1.54) is 0 Å². The van der Waals surface area contributed by atoms with Gasteiger partial charge in [-0.3, -0.25) is 9.59 Å². The summed E-state index contributed by atoms with van der Waals surface area (Å²) in [6, 6.07) is 1.72. The van der Waals surface area contributed by atoms with Gasteiger partial charge >= 0.3 is 17.8 Å². The number of nitrogens with two attached hydrogens (primary N) is 1. The number of carboxylic acid groups (broad SMARTS) is 1. The summed E-state index contributed by atoms with van der Waals surface area (Å²) in [5, 5.41) is 8.25. The molecule has 0 bridgehead atoms. The van der Waals surface area contributed by atoms with E-state index in [9.17, 15) is 37.1 Å². The van der Waals surface area contributed by atoms with Gasteiger partial charge in [0.1, 0.15) is 11.1 Å². The summed E-state index contributed by atoms with van der Waals surface area (Å²) < 4.78 is 53.1. The van der Waals surface area contributed by atoms with Gasteiger partial charge in [-0.2, -0.15) is 13.2 Å². The first-order chi connectivity index (χ1) is 13.8. The Morgan fingerprint density at radius 1 is 1.30 bits per heavy atom. The maximum Gasteiger partial charge on any atom is 0.433 e. The second kappa shape index (κ2) is 8.72. The first-order valence-corrected chi connectivity index (χ1v) is 9.65. The number of carboxylic acids is 1. The minimum atomic E-state index is -5.09. The molecule has 13 heteroatoms. The van der Waals surface area contributed by atoms with Crippen LogP contribution in [0.15, 0.2) is 32.7 Å². The van der Waals surface area contributed by atoms with Crippen molar-refractivity contribution in [3.05, 3.63) is 55.6 Å². The topological polar surface area (TPSA) is 107 Å². The summed E-state index contributed by atoms with van der Waals surface area (Å²) in [4.78, 5) is 36.1. The normalized spacial score (nSPS) is 13.8. The maximum atomic E-state index is 14.5. The van der Waals surface area contributed by atoms with E-state index < -0.39 is 45.8 Å². The molecule has 0 spiro atoms. The number of thioether (sulfide) groups is 1. The molecule has 2 atom stereocenters. The van der Waals surface area contributed by atoms with Gasteiger partial charge in [0.25, 0.3) is 5.56 Å². The van der Waals surface area contributed by atoms with Crippen LogP contribution in [0.2, 0.25) is 5.02 Å². The van der Waals surface area contributed by atoms with Crippen molar-refractivity contribution in [2.24, 2.45) is 5.92 Å². The van der Waals surface area contributed by atoms with Gasteiger partial charge in [-0.05, 0) is 18.1 Å². The number of benzene rings is 1. The molecule has 164 valence electrons. The van der Waals surface area contributed by atoms with Crippen molar-refractivity contribution in [2.75, 3.05) is 5.84 Å². The lowest BCUT2D eigenvalue weighted by atomic mass is 10.1. The summed E-state index contributed by atoms with van der Waals surface area (Å²) in [6.45, 7) is 3.45. The molecular weight excluding hydrogens is 454 g/mol. The van der Waals surface area contributed by atoms with Crippen LogP contribution in [0.5, 0.6) is 0 Å². The lowest BCUT2D eigenvalue weighted by molar-refractivity contribution is -0.143. The zero-order valence-corrected chi connectivity index (χ0v) is 17.1. The van der Waals surface area contributed by atoms with E-state index >= 15 is 0 Å². The molecule has 2 unspecified atom stereocenters. The van der Waals surface area contributed by atoms with Gasteiger partial charge in [-0.15, -0.1) is 11.8 Å². The van der Waals surface area contributed by atoms with Gasteiger partial charge < -0.3 is 10.9 Å². The summed E-state index contributed by atoms with van der Waals surface area (Å²) in [7, 11) is 0. The van der Waals surface area contributed by atoms with Crippen LogP contribution in [-0.4, -0.2) is 25.6 Å². The fraction of sp³-hybridized carbons (Fsp3) is 0.353. The number of nitrogen functional groups attached to an aromatic ring is 1. The van der Waals surface area contributed by atoms with Gasteiger partial charge in [0.2, 0.25) is 0 Å². The summed E-state index contributed by atoms with van der Waals surface area (Å²) in [5.41, 5.74) is -5.52. The fourth-order valence-corrected chi connectivity index (χ4v) is 3.97. The van der Waals surface area contributed by atoms with E-state index in [0.29, 0.717) is 6.42 Å². The molecule has 0 aliphatic heterocycles. The van der Waals surface area contributed by atoms with Gasteiger partial charge in [-0.25, -0.2) is 18.4 Å². The summed E-state index contributed by atoms with van der Waals surface area (Å²) >= 11 is 6.75. The lowest BCUT2D eigenvalue weighted by Gasteiger charge is -2.20. The van der Waals surface area contributed by atoms with E-state index in [0.717, 1.165) is 23.9 Å². The third kappa shape index (κ3) is 4.64. The molecule has 0 aliphatic rings. The molecule has 0 amide bonds. The quantitative estimate of drug-likeness (QED) is 0.382. The van der Waals surface area contributed by atoms with Gasteiger partial charge in [0.15, 0.2) is 5.69 Å². The average molecular weight is 470 g/mol. The highest BCUT2D eigenvalue weighted by Gasteiger charge is 2.36. The van der Waals surface area contributed by atoms with Crippen LogP contribution in [0.3, 0.4) is 0 Å². The second-order valence-corrected chi connectivity index (χ2v) is 7.94. The molecule has 2 rings (SSSR count). The third-order valence-electron chi connectivity index (χ3n) is 4.33. The predicted octanol–water partition coefficient (Wildman–Crippen LogP) is 3.12. The van der Waals surface area contributed by atoms with Crippen LogP contribution < -0.4 is 17.1 Å². The smallest absolute Gasteiger partial charge is 0.433 e. The second-order valence-electron chi connectivity index (χ2n) is 6.35. The van der Waals surface area contributed by atoms with Crippen LogP contribution in [0.1, 0.15) is 26.0 Å². The highest BCUT2D eigenvalue weighted by atomic mass is 35.5. The molecule has 0 fully saturated rings. The number of hydrogen-bond donors (Lipinski definition) is 2. The van der Waals surface area contributed by atoms with Crippen LogP contribution in [-0.2, 0) is 11.0 Å².